The lowest BCUT2D eigenvalue weighted by Gasteiger charge is -2.29. The second-order valence-corrected chi connectivity index (χ2v) is 8.71. The summed E-state index contributed by atoms with van der Waals surface area (Å²) in [5, 5.41) is 10.3. The highest BCUT2D eigenvalue weighted by Crippen LogP contribution is 2.36. The zero-order valence-electron chi connectivity index (χ0n) is 17.1. The van der Waals surface area contributed by atoms with Gasteiger partial charge in [-0.15, -0.1) is 0 Å². The Labute approximate surface area is 167 Å². The summed E-state index contributed by atoms with van der Waals surface area (Å²) in [6.45, 7) is 7.84. The van der Waals surface area contributed by atoms with Crippen LogP contribution in [-0.4, -0.2) is 40.5 Å². The maximum Gasteiger partial charge on any atom is 0.253 e. The van der Waals surface area contributed by atoms with Gasteiger partial charge >= 0.3 is 0 Å². The zero-order valence-corrected chi connectivity index (χ0v) is 17.1. The van der Waals surface area contributed by atoms with Crippen LogP contribution in [0.25, 0.3) is 0 Å². The van der Waals surface area contributed by atoms with Gasteiger partial charge in [0.05, 0.1) is 12.1 Å². The first-order valence-corrected chi connectivity index (χ1v) is 10.1. The number of aliphatic hydroxyl groups is 1. The predicted octanol–water partition coefficient (Wildman–Crippen LogP) is 4.47. The number of rotatable bonds is 4. The van der Waals surface area contributed by atoms with Crippen LogP contribution in [0.15, 0.2) is 40.6 Å². The number of amides is 1. The first kappa shape index (κ1) is 20.3. The molecule has 0 aromatic heterocycles. The Bertz CT molecular complexity index is 813. The van der Waals surface area contributed by atoms with Crippen molar-refractivity contribution in [1.82, 2.24) is 4.90 Å². The molecule has 1 heterocycles. The Morgan fingerprint density at radius 2 is 1.75 bits per heavy atom. The van der Waals surface area contributed by atoms with E-state index in [1.165, 1.54) is 6.42 Å². The first-order valence-electron chi connectivity index (χ1n) is 10.1. The molecule has 1 aromatic rings. The van der Waals surface area contributed by atoms with Crippen LogP contribution in [0.1, 0.15) is 68.8 Å². The van der Waals surface area contributed by atoms with Crippen LogP contribution in [-0.2, 0) is 11.3 Å². The molecule has 28 heavy (non-hydrogen) atoms. The number of ketones is 1. The number of benzene rings is 1. The second kappa shape index (κ2) is 8.29. The molecule has 3 rings (SSSR count). The lowest BCUT2D eigenvalue weighted by atomic mass is 9.76. The molecule has 2 aliphatic rings. The number of aliphatic imine (C=N–C) groups is 1. The van der Waals surface area contributed by atoms with Gasteiger partial charge in [0.2, 0.25) is 0 Å². The molecule has 0 atom stereocenters. The van der Waals surface area contributed by atoms with E-state index in [0.29, 0.717) is 36.2 Å². The third-order valence-corrected chi connectivity index (χ3v) is 5.56. The van der Waals surface area contributed by atoms with Crippen molar-refractivity contribution in [2.45, 2.75) is 59.4 Å². The molecule has 5 nitrogen and oxygen atoms in total. The summed E-state index contributed by atoms with van der Waals surface area (Å²) in [5.74, 6) is 0.193. The molecule has 0 unspecified atom stereocenters. The van der Waals surface area contributed by atoms with Crippen LogP contribution in [0, 0.1) is 5.41 Å². The number of likely N-dealkylation sites (tertiary alicyclic amines) is 1. The van der Waals surface area contributed by atoms with E-state index in [1.54, 1.807) is 6.92 Å². The van der Waals surface area contributed by atoms with Crippen molar-refractivity contribution in [3.05, 3.63) is 46.7 Å². The summed E-state index contributed by atoms with van der Waals surface area (Å²) in [7, 11) is 0. The van der Waals surface area contributed by atoms with Gasteiger partial charge in [-0.1, -0.05) is 26.0 Å². The standard InChI is InChI=1S/C23H30N2O3/c1-16(21-19(26)13-23(2,3)14-20(21)27)24-15-17-7-9-18(10-8-17)22(28)25-11-5-4-6-12-25/h7-10,26H,4-6,11-15H2,1-3H3. The minimum absolute atomic E-state index is 0.0440. The fraction of sp³-hybridized carbons (Fsp3) is 0.522. The molecule has 1 aliphatic carbocycles. The summed E-state index contributed by atoms with van der Waals surface area (Å²) in [5.41, 5.74) is 2.42. The quantitative estimate of drug-likeness (QED) is 0.781. The highest BCUT2D eigenvalue weighted by atomic mass is 16.3. The smallest absolute Gasteiger partial charge is 0.253 e. The lowest BCUT2D eigenvalue weighted by Crippen LogP contribution is -2.35. The number of hydrogen-bond donors (Lipinski definition) is 1. The van der Waals surface area contributed by atoms with E-state index in [-0.39, 0.29) is 22.9 Å². The highest BCUT2D eigenvalue weighted by molar-refractivity contribution is 6.22. The van der Waals surface area contributed by atoms with E-state index in [2.05, 4.69) is 4.99 Å². The molecule has 0 radical (unpaired) electrons. The van der Waals surface area contributed by atoms with Gasteiger partial charge in [0.25, 0.3) is 5.91 Å². The largest absolute Gasteiger partial charge is 0.511 e. The van der Waals surface area contributed by atoms with Crippen molar-refractivity contribution in [3.63, 3.8) is 0 Å². The van der Waals surface area contributed by atoms with E-state index < -0.39 is 0 Å². The van der Waals surface area contributed by atoms with E-state index in [9.17, 15) is 14.7 Å². The molecule has 0 saturated carbocycles. The zero-order chi connectivity index (χ0) is 20.3. The topological polar surface area (TPSA) is 70.0 Å². The average Bonchev–Trinajstić information content (AvgIpc) is 2.65. The van der Waals surface area contributed by atoms with Crippen molar-refractivity contribution in [2.75, 3.05) is 13.1 Å². The minimum atomic E-state index is -0.207. The number of nitrogens with zero attached hydrogens (tertiary/aromatic N) is 2. The van der Waals surface area contributed by atoms with Gasteiger partial charge in [-0.05, 0) is 49.3 Å². The molecule has 0 bridgehead atoms. The van der Waals surface area contributed by atoms with Crippen molar-refractivity contribution < 1.29 is 14.7 Å². The fourth-order valence-electron chi connectivity index (χ4n) is 4.02. The van der Waals surface area contributed by atoms with Crippen molar-refractivity contribution in [1.29, 1.82) is 0 Å². The van der Waals surface area contributed by atoms with Gasteiger partial charge in [0.1, 0.15) is 5.76 Å². The third kappa shape index (κ3) is 4.70. The molecule has 150 valence electrons. The molecule has 1 aromatic carbocycles. The normalized spacial score (nSPS) is 20.5. The van der Waals surface area contributed by atoms with Gasteiger partial charge in [-0.25, -0.2) is 0 Å². The number of hydrogen-bond acceptors (Lipinski definition) is 4. The van der Waals surface area contributed by atoms with Gasteiger partial charge in [0.15, 0.2) is 5.78 Å². The molecular formula is C23H30N2O3. The average molecular weight is 383 g/mol. The number of Topliss-reactive ketones (excluding diaryl/α,β-unsaturated/α-hetero) is 1. The van der Waals surface area contributed by atoms with Crippen LogP contribution in [0.2, 0.25) is 0 Å². The van der Waals surface area contributed by atoms with Crippen LogP contribution < -0.4 is 0 Å². The van der Waals surface area contributed by atoms with Gasteiger partial charge in [-0.2, -0.15) is 0 Å². The summed E-state index contributed by atoms with van der Waals surface area (Å²) >= 11 is 0. The second-order valence-electron chi connectivity index (χ2n) is 8.71. The maximum atomic E-state index is 12.5. The van der Waals surface area contributed by atoms with Crippen LogP contribution in [0.4, 0.5) is 0 Å². The summed E-state index contributed by atoms with van der Waals surface area (Å²) in [4.78, 5) is 31.4. The molecule has 1 N–H and O–H groups in total. The molecule has 1 aliphatic heterocycles. The maximum absolute atomic E-state index is 12.5. The van der Waals surface area contributed by atoms with Gasteiger partial charge in [0, 0.05) is 37.2 Å². The van der Waals surface area contributed by atoms with Crippen molar-refractivity contribution in [2.24, 2.45) is 10.4 Å². The first-order chi connectivity index (χ1) is 13.3. The van der Waals surface area contributed by atoms with Crippen molar-refractivity contribution in [3.8, 4) is 0 Å². The van der Waals surface area contributed by atoms with Crippen LogP contribution >= 0.6 is 0 Å². The number of carbonyl (C=O) groups excluding carboxylic acids is 2. The number of piperidine rings is 1. The van der Waals surface area contributed by atoms with Gasteiger partial charge in [-0.3, -0.25) is 14.6 Å². The Hall–Kier alpha value is -2.43. The predicted molar refractivity (Wildman–Crippen MR) is 111 cm³/mol. The molecule has 5 heteroatoms. The fourth-order valence-corrected chi connectivity index (χ4v) is 4.02. The van der Waals surface area contributed by atoms with Crippen LogP contribution in [0.3, 0.4) is 0 Å². The van der Waals surface area contributed by atoms with Crippen molar-refractivity contribution >= 4 is 17.4 Å². The minimum Gasteiger partial charge on any atom is -0.511 e. The Kier molecular flexibility index (Phi) is 6.01. The molecular weight excluding hydrogens is 352 g/mol. The van der Waals surface area contributed by atoms with E-state index >= 15 is 0 Å². The summed E-state index contributed by atoms with van der Waals surface area (Å²) in [6.07, 6.45) is 4.28. The molecule has 1 saturated heterocycles. The molecule has 1 fully saturated rings. The molecule has 1 amide bonds. The number of aliphatic hydroxyl groups excluding tert-OH is 1. The number of carbonyl (C=O) groups is 2. The molecule has 0 spiro atoms. The highest BCUT2D eigenvalue weighted by Gasteiger charge is 2.33. The van der Waals surface area contributed by atoms with Crippen LogP contribution in [0.5, 0.6) is 0 Å². The van der Waals surface area contributed by atoms with E-state index in [1.807, 2.05) is 43.0 Å². The van der Waals surface area contributed by atoms with Gasteiger partial charge < -0.3 is 10.0 Å². The number of allylic oxidation sites excluding steroid dienone is 2. The Morgan fingerprint density at radius 1 is 1.11 bits per heavy atom. The lowest BCUT2D eigenvalue weighted by molar-refractivity contribution is -0.117. The summed E-state index contributed by atoms with van der Waals surface area (Å²) < 4.78 is 0. The SMILES string of the molecule is CC(=NCc1ccc(C(=O)N2CCCCC2)cc1)C1=C(O)CC(C)(C)CC1=O. The third-order valence-electron chi connectivity index (χ3n) is 5.56. The van der Waals surface area contributed by atoms with E-state index in [0.717, 1.165) is 31.5 Å². The van der Waals surface area contributed by atoms with E-state index in [4.69, 9.17) is 0 Å². The Balaban J connectivity index is 1.67. The monoisotopic (exact) mass is 382 g/mol. The summed E-state index contributed by atoms with van der Waals surface area (Å²) in [6, 6.07) is 7.52. The Morgan fingerprint density at radius 3 is 2.36 bits per heavy atom.